The van der Waals surface area contributed by atoms with Crippen molar-refractivity contribution in [3.63, 3.8) is 0 Å². The maximum Gasteiger partial charge on any atom is 0.240 e. The summed E-state index contributed by atoms with van der Waals surface area (Å²) in [5.74, 6) is 1.06. The molecule has 2 aliphatic rings. The van der Waals surface area contributed by atoms with E-state index in [1.54, 1.807) is 6.07 Å². The lowest BCUT2D eigenvalue weighted by molar-refractivity contribution is 0.0390. The summed E-state index contributed by atoms with van der Waals surface area (Å²) in [6.45, 7) is 5.04. The van der Waals surface area contributed by atoms with Crippen LogP contribution in [0.1, 0.15) is 0 Å². The number of hydrogen-bond acceptors (Lipinski definition) is 6. The Morgan fingerprint density at radius 1 is 1.04 bits per heavy atom. The fourth-order valence-corrected chi connectivity index (χ4v) is 3.47. The zero-order chi connectivity index (χ0) is 15.4. The number of benzene rings is 1. The minimum absolute atomic E-state index is 0. The van der Waals surface area contributed by atoms with Crippen molar-refractivity contribution in [2.75, 3.05) is 52.6 Å². The highest BCUT2D eigenvalue weighted by atomic mass is 35.5. The second-order valence-corrected chi connectivity index (χ2v) is 6.92. The highest BCUT2D eigenvalue weighted by Gasteiger charge is 2.19. The van der Waals surface area contributed by atoms with Gasteiger partial charge in [-0.25, -0.2) is 13.1 Å². The van der Waals surface area contributed by atoms with Gasteiger partial charge in [0.2, 0.25) is 10.0 Å². The van der Waals surface area contributed by atoms with Gasteiger partial charge in [-0.05, 0) is 12.1 Å². The Hall–Kier alpha value is -1.06. The molecule has 0 saturated carbocycles. The first-order chi connectivity index (χ1) is 10.6. The fourth-order valence-electron chi connectivity index (χ4n) is 2.44. The Balaban J connectivity index is 0.00000192. The summed E-state index contributed by atoms with van der Waals surface area (Å²) in [4.78, 5) is 2.37. The van der Waals surface area contributed by atoms with E-state index in [1.165, 1.54) is 12.1 Å². The molecule has 0 spiro atoms. The van der Waals surface area contributed by atoms with Crippen LogP contribution in [0.4, 0.5) is 0 Å². The highest BCUT2D eigenvalue weighted by molar-refractivity contribution is 7.89. The molecule has 1 saturated heterocycles. The van der Waals surface area contributed by atoms with E-state index in [1.807, 2.05) is 0 Å². The molecule has 0 unspecified atom stereocenters. The maximum atomic E-state index is 12.3. The normalized spacial score (nSPS) is 18.3. The smallest absolute Gasteiger partial charge is 0.240 e. The number of nitrogens with one attached hydrogen (secondary N) is 1. The van der Waals surface area contributed by atoms with Gasteiger partial charge in [-0.3, -0.25) is 4.90 Å². The van der Waals surface area contributed by atoms with Crippen LogP contribution in [0.5, 0.6) is 11.5 Å². The average Bonchev–Trinajstić information content (AvgIpc) is 2.55. The van der Waals surface area contributed by atoms with Crippen molar-refractivity contribution in [2.45, 2.75) is 4.90 Å². The van der Waals surface area contributed by atoms with E-state index in [0.717, 1.165) is 13.1 Å². The van der Waals surface area contributed by atoms with Crippen LogP contribution in [0.2, 0.25) is 0 Å². The number of hydrogen-bond donors (Lipinski definition) is 1. The maximum absolute atomic E-state index is 12.3. The van der Waals surface area contributed by atoms with Crippen molar-refractivity contribution in [2.24, 2.45) is 0 Å². The van der Waals surface area contributed by atoms with Crippen molar-refractivity contribution in [3.8, 4) is 11.5 Å². The summed E-state index contributed by atoms with van der Waals surface area (Å²) in [6, 6.07) is 4.67. The van der Waals surface area contributed by atoms with Crippen molar-refractivity contribution >= 4 is 22.4 Å². The molecule has 1 fully saturated rings. The van der Waals surface area contributed by atoms with Crippen LogP contribution in [0, 0.1) is 0 Å². The molecule has 9 heteroatoms. The van der Waals surface area contributed by atoms with Gasteiger partial charge in [0.15, 0.2) is 11.5 Å². The first-order valence-corrected chi connectivity index (χ1v) is 8.83. The third-order valence-corrected chi connectivity index (χ3v) is 5.11. The van der Waals surface area contributed by atoms with Gasteiger partial charge in [-0.1, -0.05) is 0 Å². The average molecular weight is 365 g/mol. The minimum atomic E-state index is -3.54. The number of sulfonamides is 1. The van der Waals surface area contributed by atoms with Crippen LogP contribution in [-0.4, -0.2) is 65.9 Å². The van der Waals surface area contributed by atoms with E-state index in [9.17, 15) is 8.42 Å². The molecule has 1 aromatic carbocycles. The number of fused-ring (bicyclic) bond motifs is 1. The number of morpholine rings is 1. The van der Waals surface area contributed by atoms with E-state index in [-0.39, 0.29) is 17.3 Å². The standard InChI is InChI=1S/C14H20N2O5S.ClH/c17-22(18,15-3-4-16-5-7-19-8-6-16)12-1-2-13-14(11-12)21-10-9-20-13;/h1-2,11,15H,3-10H2;1H. The SMILES string of the molecule is Cl.O=S(=O)(NCCN1CCOCC1)c1ccc2c(c1)OCCO2. The molecule has 0 radical (unpaired) electrons. The molecule has 0 bridgehead atoms. The van der Waals surface area contributed by atoms with E-state index in [0.29, 0.717) is 51.0 Å². The topological polar surface area (TPSA) is 77.1 Å². The van der Waals surface area contributed by atoms with Crippen molar-refractivity contribution in [1.29, 1.82) is 0 Å². The highest BCUT2D eigenvalue weighted by Crippen LogP contribution is 2.32. The first-order valence-electron chi connectivity index (χ1n) is 7.34. The molecule has 2 heterocycles. The van der Waals surface area contributed by atoms with Crippen LogP contribution >= 0.6 is 12.4 Å². The molecule has 0 aliphatic carbocycles. The fraction of sp³-hybridized carbons (Fsp3) is 0.571. The van der Waals surface area contributed by atoms with Gasteiger partial charge in [0.25, 0.3) is 0 Å². The van der Waals surface area contributed by atoms with E-state index < -0.39 is 10.0 Å². The Labute approximate surface area is 142 Å². The van der Waals surface area contributed by atoms with E-state index in [2.05, 4.69) is 9.62 Å². The van der Waals surface area contributed by atoms with Gasteiger partial charge in [0.1, 0.15) is 13.2 Å². The van der Waals surface area contributed by atoms with Crippen LogP contribution in [0.25, 0.3) is 0 Å². The van der Waals surface area contributed by atoms with Gasteiger partial charge in [-0.2, -0.15) is 0 Å². The minimum Gasteiger partial charge on any atom is -0.486 e. The zero-order valence-corrected chi connectivity index (χ0v) is 14.3. The quantitative estimate of drug-likeness (QED) is 0.819. The molecule has 3 rings (SSSR count). The number of ether oxygens (including phenoxy) is 3. The van der Waals surface area contributed by atoms with Crippen molar-refractivity contribution in [3.05, 3.63) is 18.2 Å². The summed E-state index contributed by atoms with van der Waals surface area (Å²) in [7, 11) is -3.54. The van der Waals surface area contributed by atoms with Gasteiger partial charge in [0, 0.05) is 32.2 Å². The molecule has 1 N–H and O–H groups in total. The molecule has 23 heavy (non-hydrogen) atoms. The van der Waals surface area contributed by atoms with Crippen LogP contribution in [0.15, 0.2) is 23.1 Å². The van der Waals surface area contributed by atoms with Crippen molar-refractivity contribution < 1.29 is 22.6 Å². The summed E-state index contributed by atoms with van der Waals surface area (Å²) >= 11 is 0. The molecule has 0 amide bonds. The van der Waals surface area contributed by atoms with E-state index >= 15 is 0 Å². The molecule has 1 aromatic rings. The molecule has 0 aromatic heterocycles. The van der Waals surface area contributed by atoms with Crippen LogP contribution in [0.3, 0.4) is 0 Å². The van der Waals surface area contributed by atoms with Crippen LogP contribution in [-0.2, 0) is 14.8 Å². The van der Waals surface area contributed by atoms with Crippen LogP contribution < -0.4 is 14.2 Å². The molecule has 0 atom stereocenters. The Morgan fingerprint density at radius 3 is 2.48 bits per heavy atom. The number of halogens is 1. The second kappa shape index (κ2) is 8.16. The predicted octanol–water partition coefficient (Wildman–Crippen LogP) is 0.490. The lowest BCUT2D eigenvalue weighted by atomic mass is 10.3. The van der Waals surface area contributed by atoms with E-state index in [4.69, 9.17) is 14.2 Å². The first kappa shape index (κ1) is 18.3. The summed E-state index contributed by atoms with van der Waals surface area (Å²) in [6.07, 6.45) is 0. The molecule has 7 nitrogen and oxygen atoms in total. The third-order valence-electron chi connectivity index (χ3n) is 3.65. The lowest BCUT2D eigenvalue weighted by Crippen LogP contribution is -2.41. The number of rotatable bonds is 5. The van der Waals surface area contributed by atoms with Gasteiger partial charge >= 0.3 is 0 Å². The predicted molar refractivity (Wildman–Crippen MR) is 87.1 cm³/mol. The summed E-state index contributed by atoms with van der Waals surface area (Å²) in [5, 5.41) is 0. The third kappa shape index (κ3) is 4.71. The Bertz CT molecular complexity index is 620. The van der Waals surface area contributed by atoms with Gasteiger partial charge < -0.3 is 14.2 Å². The molecular weight excluding hydrogens is 344 g/mol. The van der Waals surface area contributed by atoms with Gasteiger partial charge in [0.05, 0.1) is 18.1 Å². The molecular formula is C14H21ClN2O5S. The Morgan fingerprint density at radius 2 is 1.74 bits per heavy atom. The number of nitrogens with zero attached hydrogens (tertiary/aromatic N) is 1. The molecule has 2 aliphatic heterocycles. The molecule has 130 valence electrons. The van der Waals surface area contributed by atoms with Gasteiger partial charge in [-0.15, -0.1) is 12.4 Å². The largest absolute Gasteiger partial charge is 0.486 e. The second-order valence-electron chi connectivity index (χ2n) is 5.16. The Kier molecular flexibility index (Phi) is 6.49. The lowest BCUT2D eigenvalue weighted by Gasteiger charge is -2.26. The summed E-state index contributed by atoms with van der Waals surface area (Å²) < 4.78 is 43.3. The summed E-state index contributed by atoms with van der Waals surface area (Å²) in [5.41, 5.74) is 0. The zero-order valence-electron chi connectivity index (χ0n) is 12.7. The van der Waals surface area contributed by atoms with Crippen molar-refractivity contribution in [1.82, 2.24) is 9.62 Å². The monoisotopic (exact) mass is 364 g/mol.